The van der Waals surface area contributed by atoms with E-state index in [1.54, 1.807) is 24.3 Å². The van der Waals surface area contributed by atoms with E-state index >= 15 is 0 Å². The van der Waals surface area contributed by atoms with Crippen LogP contribution < -0.4 is 14.8 Å². The maximum Gasteiger partial charge on any atom is 0.262 e. The number of para-hydroxylation sites is 2. The summed E-state index contributed by atoms with van der Waals surface area (Å²) in [5, 5.41) is 12.5. The minimum absolute atomic E-state index is 0.0145. The number of thioether (sulfide) groups is 1. The highest BCUT2D eigenvalue weighted by atomic mass is 32.2. The minimum Gasteiger partial charge on any atom is -0.495 e. The van der Waals surface area contributed by atoms with Crippen molar-refractivity contribution in [2.45, 2.75) is 41.3 Å². The number of benzene rings is 2. The first-order valence-corrected chi connectivity index (χ1v) is 12.7. The van der Waals surface area contributed by atoms with E-state index in [-0.39, 0.29) is 21.8 Å². The third kappa shape index (κ3) is 5.07. The van der Waals surface area contributed by atoms with E-state index in [1.807, 2.05) is 0 Å². The number of nitriles is 1. The average Bonchev–Trinajstić information content (AvgIpc) is 3.44. The molecule has 2 N–H and O–H groups in total. The van der Waals surface area contributed by atoms with Gasteiger partial charge in [-0.2, -0.15) is 5.26 Å². The van der Waals surface area contributed by atoms with Gasteiger partial charge in [-0.25, -0.2) is 13.4 Å². The van der Waals surface area contributed by atoms with Crippen LogP contribution in [0.25, 0.3) is 11.1 Å². The Morgan fingerprint density at radius 1 is 1.27 bits per heavy atom. The fourth-order valence-corrected chi connectivity index (χ4v) is 5.45. The molecule has 11 heteroatoms. The normalized spacial score (nSPS) is 15.2. The van der Waals surface area contributed by atoms with E-state index in [0.717, 1.165) is 24.6 Å². The molecule has 3 aromatic rings. The lowest BCUT2D eigenvalue weighted by Crippen LogP contribution is -2.45. The summed E-state index contributed by atoms with van der Waals surface area (Å²) in [5.41, 5.74) is 0.292. The van der Waals surface area contributed by atoms with E-state index in [2.05, 4.69) is 21.1 Å². The third-order valence-corrected chi connectivity index (χ3v) is 7.57. The number of carbonyl (C=O) groups excluding carboxylic acids is 1. The molecule has 0 atom stereocenters. The van der Waals surface area contributed by atoms with Crippen molar-refractivity contribution in [3.63, 3.8) is 0 Å². The van der Waals surface area contributed by atoms with Crippen molar-refractivity contribution in [2.75, 3.05) is 17.6 Å². The van der Waals surface area contributed by atoms with Crippen LogP contribution in [-0.4, -0.2) is 37.7 Å². The number of nitrogens with one attached hydrogen (secondary N) is 2. The summed E-state index contributed by atoms with van der Waals surface area (Å²) in [5.74, 6) is 0.169. The summed E-state index contributed by atoms with van der Waals surface area (Å²) >= 11 is 1.09. The summed E-state index contributed by atoms with van der Waals surface area (Å²) in [6.45, 7) is 0. The molecular formula is C22H22N4O5S2. The Morgan fingerprint density at radius 3 is 2.76 bits per heavy atom. The van der Waals surface area contributed by atoms with Crippen LogP contribution in [0, 0.1) is 11.3 Å². The number of oxazole rings is 1. The molecule has 0 bridgehead atoms. The fraction of sp³-hybridized carbons (Fsp3) is 0.318. The Kier molecular flexibility index (Phi) is 6.49. The van der Waals surface area contributed by atoms with Crippen molar-refractivity contribution in [3.8, 4) is 11.8 Å². The number of methoxy groups -OCH3 is 1. The van der Waals surface area contributed by atoms with Gasteiger partial charge >= 0.3 is 0 Å². The molecule has 2 aromatic carbocycles. The molecule has 1 heterocycles. The summed E-state index contributed by atoms with van der Waals surface area (Å²) in [6, 6.07) is 13.3. The van der Waals surface area contributed by atoms with Gasteiger partial charge < -0.3 is 14.5 Å². The van der Waals surface area contributed by atoms with Gasteiger partial charge in [-0.05, 0) is 56.0 Å². The number of hydrogen-bond donors (Lipinski definition) is 2. The summed E-state index contributed by atoms with van der Waals surface area (Å²) in [7, 11) is -2.43. The number of fused-ring (bicyclic) bond motifs is 1. The number of rotatable bonds is 8. The number of carbonyl (C=O) groups is 1. The molecule has 1 aliphatic rings. The molecule has 1 aromatic heterocycles. The molecule has 1 aliphatic carbocycles. The molecule has 0 aliphatic heterocycles. The largest absolute Gasteiger partial charge is 0.495 e. The molecule has 33 heavy (non-hydrogen) atoms. The maximum absolute atomic E-state index is 12.8. The van der Waals surface area contributed by atoms with Crippen molar-refractivity contribution in [2.24, 2.45) is 0 Å². The molecule has 1 amide bonds. The fourth-order valence-electron chi connectivity index (χ4n) is 3.72. The van der Waals surface area contributed by atoms with Crippen molar-refractivity contribution in [1.82, 2.24) is 10.3 Å². The molecule has 0 spiro atoms. The van der Waals surface area contributed by atoms with Crippen LogP contribution in [0.15, 0.2) is 57.0 Å². The molecule has 4 rings (SSSR count). The predicted molar refractivity (Wildman–Crippen MR) is 123 cm³/mol. The quantitative estimate of drug-likeness (QED) is 0.461. The van der Waals surface area contributed by atoms with E-state index in [9.17, 15) is 18.5 Å². The van der Waals surface area contributed by atoms with Crippen molar-refractivity contribution < 1.29 is 22.4 Å². The number of amides is 1. The van der Waals surface area contributed by atoms with Gasteiger partial charge in [0.15, 0.2) is 5.58 Å². The lowest BCUT2D eigenvalue weighted by atomic mass is 10.0. The Morgan fingerprint density at radius 2 is 2.03 bits per heavy atom. The third-order valence-electron chi connectivity index (χ3n) is 5.38. The van der Waals surface area contributed by atoms with Crippen molar-refractivity contribution in [3.05, 3.63) is 42.5 Å². The molecular weight excluding hydrogens is 464 g/mol. The zero-order valence-corrected chi connectivity index (χ0v) is 19.5. The first-order chi connectivity index (χ1) is 15.8. The molecule has 1 fully saturated rings. The van der Waals surface area contributed by atoms with Crippen molar-refractivity contribution in [1.29, 1.82) is 5.26 Å². The molecule has 1 saturated carbocycles. The highest BCUT2D eigenvalue weighted by molar-refractivity contribution is 7.99. The number of aromatic nitrogens is 1. The molecule has 9 nitrogen and oxygen atoms in total. The van der Waals surface area contributed by atoms with Crippen LogP contribution in [0.3, 0.4) is 0 Å². The van der Waals surface area contributed by atoms with Gasteiger partial charge in [0, 0.05) is 0 Å². The van der Waals surface area contributed by atoms with E-state index in [0.29, 0.717) is 35.4 Å². The summed E-state index contributed by atoms with van der Waals surface area (Å²) in [4.78, 5) is 16.6. The van der Waals surface area contributed by atoms with Crippen LogP contribution in [0.1, 0.15) is 25.7 Å². The molecule has 0 unspecified atom stereocenters. The second kappa shape index (κ2) is 9.33. The van der Waals surface area contributed by atoms with Gasteiger partial charge in [-0.3, -0.25) is 9.52 Å². The maximum atomic E-state index is 12.8. The highest BCUT2D eigenvalue weighted by Gasteiger charge is 2.35. The minimum atomic E-state index is -3.89. The molecule has 0 saturated heterocycles. The van der Waals surface area contributed by atoms with Crippen LogP contribution >= 0.6 is 11.8 Å². The number of sulfonamides is 1. The second-order valence-electron chi connectivity index (χ2n) is 7.65. The zero-order valence-electron chi connectivity index (χ0n) is 17.8. The number of nitrogens with zero attached hydrogens (tertiary/aromatic N) is 2. The van der Waals surface area contributed by atoms with Crippen LogP contribution in [-0.2, 0) is 14.8 Å². The lowest BCUT2D eigenvalue weighted by Gasteiger charge is -2.21. The van der Waals surface area contributed by atoms with E-state index in [4.69, 9.17) is 9.15 Å². The van der Waals surface area contributed by atoms with Gasteiger partial charge in [-0.15, -0.1) is 0 Å². The number of ether oxygens (including phenoxy) is 1. The van der Waals surface area contributed by atoms with Gasteiger partial charge in [0.25, 0.3) is 15.2 Å². The SMILES string of the molecule is COc1ccccc1NS(=O)(=O)c1ccc2oc(SCC(=O)NC3(C#N)CCCC3)nc2c1. The molecule has 0 radical (unpaired) electrons. The standard InChI is InChI=1S/C22H22N4O5S2/c1-30-18-7-3-2-6-16(18)26-33(28,29)15-8-9-19-17(12-15)24-21(31-19)32-13-20(27)25-22(14-23)10-4-5-11-22/h2-3,6-9,12,26H,4-5,10-11,13H2,1H3,(H,25,27). The predicted octanol–water partition coefficient (Wildman–Crippen LogP) is 3.68. The van der Waals surface area contributed by atoms with Crippen LogP contribution in [0.2, 0.25) is 0 Å². The molecule has 172 valence electrons. The van der Waals surface area contributed by atoms with Gasteiger partial charge in [-0.1, -0.05) is 23.9 Å². The second-order valence-corrected chi connectivity index (χ2v) is 10.3. The topological polar surface area (TPSA) is 134 Å². The smallest absolute Gasteiger partial charge is 0.262 e. The summed E-state index contributed by atoms with van der Waals surface area (Å²) < 4.78 is 39.0. The average molecular weight is 487 g/mol. The monoisotopic (exact) mass is 486 g/mol. The van der Waals surface area contributed by atoms with Crippen LogP contribution in [0.4, 0.5) is 5.69 Å². The van der Waals surface area contributed by atoms with Gasteiger partial charge in [0.05, 0.1) is 29.5 Å². The van der Waals surface area contributed by atoms with Crippen molar-refractivity contribution >= 4 is 44.5 Å². The highest BCUT2D eigenvalue weighted by Crippen LogP contribution is 2.31. The number of anilines is 1. The Labute approximate surface area is 195 Å². The number of hydrogen-bond acceptors (Lipinski definition) is 8. The zero-order chi connectivity index (χ0) is 23.5. The van der Waals surface area contributed by atoms with Gasteiger partial charge in [0.1, 0.15) is 16.8 Å². The van der Waals surface area contributed by atoms with E-state index in [1.165, 1.54) is 25.3 Å². The summed E-state index contributed by atoms with van der Waals surface area (Å²) in [6.07, 6.45) is 3.15. The van der Waals surface area contributed by atoms with Crippen LogP contribution in [0.5, 0.6) is 5.75 Å². The Bertz CT molecular complexity index is 1320. The van der Waals surface area contributed by atoms with Gasteiger partial charge in [0.2, 0.25) is 5.91 Å². The van der Waals surface area contributed by atoms with E-state index < -0.39 is 15.6 Å². The Hall–Kier alpha value is -3.23. The Balaban J connectivity index is 1.46. The lowest BCUT2D eigenvalue weighted by molar-refractivity contribution is -0.119. The first kappa shape index (κ1) is 22.9. The first-order valence-electron chi connectivity index (χ1n) is 10.3.